The zero-order chi connectivity index (χ0) is 13.0. The van der Waals surface area contributed by atoms with Crippen LogP contribution in [-0.4, -0.2) is 0 Å². The summed E-state index contributed by atoms with van der Waals surface area (Å²) in [6.45, 7) is 5.32. The number of thiophene rings is 1. The molecular weight excluding hydrogens is 306 g/mol. The summed E-state index contributed by atoms with van der Waals surface area (Å²) in [5.41, 5.74) is 1.30. The number of halogens is 1. The summed E-state index contributed by atoms with van der Waals surface area (Å²) < 4.78 is 1.17. The van der Waals surface area contributed by atoms with E-state index in [9.17, 15) is 0 Å². The SMILES string of the molecule is CCc1ccc(C(C)NCc2ccccc2Br)s1. The van der Waals surface area contributed by atoms with Crippen LogP contribution in [0.3, 0.4) is 0 Å². The summed E-state index contributed by atoms with van der Waals surface area (Å²) in [6.07, 6.45) is 1.13. The predicted octanol–water partition coefficient (Wildman–Crippen LogP) is 4.92. The van der Waals surface area contributed by atoms with Crippen molar-refractivity contribution >= 4 is 27.3 Å². The third-order valence-corrected chi connectivity index (χ3v) is 5.20. The van der Waals surface area contributed by atoms with Crippen LogP contribution in [0.25, 0.3) is 0 Å². The van der Waals surface area contributed by atoms with Crippen molar-refractivity contribution in [3.05, 3.63) is 56.2 Å². The molecular formula is C15H18BrNS. The van der Waals surface area contributed by atoms with Gasteiger partial charge in [-0.15, -0.1) is 11.3 Å². The summed E-state index contributed by atoms with van der Waals surface area (Å²) >= 11 is 5.49. The molecule has 1 atom stereocenters. The van der Waals surface area contributed by atoms with Gasteiger partial charge in [0.2, 0.25) is 0 Å². The minimum atomic E-state index is 0.405. The van der Waals surface area contributed by atoms with Gasteiger partial charge in [-0.2, -0.15) is 0 Å². The smallest absolute Gasteiger partial charge is 0.0388 e. The van der Waals surface area contributed by atoms with Crippen molar-refractivity contribution in [2.75, 3.05) is 0 Å². The fourth-order valence-corrected chi connectivity index (χ4v) is 3.23. The average Bonchev–Trinajstić information content (AvgIpc) is 2.86. The third kappa shape index (κ3) is 3.44. The number of benzene rings is 1. The highest BCUT2D eigenvalue weighted by atomic mass is 79.9. The van der Waals surface area contributed by atoms with Crippen LogP contribution in [0.5, 0.6) is 0 Å². The monoisotopic (exact) mass is 323 g/mol. The highest BCUT2D eigenvalue weighted by molar-refractivity contribution is 9.10. The Bertz CT molecular complexity index is 507. The lowest BCUT2D eigenvalue weighted by atomic mass is 10.2. The lowest BCUT2D eigenvalue weighted by molar-refractivity contribution is 0.582. The molecule has 1 aromatic carbocycles. The number of hydrogen-bond donors (Lipinski definition) is 1. The number of nitrogens with one attached hydrogen (secondary N) is 1. The molecule has 1 aromatic heterocycles. The number of rotatable bonds is 5. The molecule has 0 radical (unpaired) electrons. The van der Waals surface area contributed by atoms with Crippen LogP contribution in [0.15, 0.2) is 40.9 Å². The molecule has 1 heterocycles. The van der Waals surface area contributed by atoms with E-state index in [1.807, 2.05) is 17.4 Å². The Morgan fingerprint density at radius 3 is 2.67 bits per heavy atom. The van der Waals surface area contributed by atoms with E-state index in [0.29, 0.717) is 6.04 Å². The predicted molar refractivity (Wildman–Crippen MR) is 83.1 cm³/mol. The van der Waals surface area contributed by atoms with Gasteiger partial charge in [0.15, 0.2) is 0 Å². The van der Waals surface area contributed by atoms with Crippen LogP contribution in [-0.2, 0) is 13.0 Å². The summed E-state index contributed by atoms with van der Waals surface area (Å²) in [7, 11) is 0. The molecule has 0 bridgehead atoms. The summed E-state index contributed by atoms with van der Waals surface area (Å²) in [5, 5.41) is 3.57. The summed E-state index contributed by atoms with van der Waals surface area (Å²) in [5.74, 6) is 0. The van der Waals surface area contributed by atoms with Gasteiger partial charge in [-0.3, -0.25) is 0 Å². The zero-order valence-corrected chi connectivity index (χ0v) is 13.1. The van der Waals surface area contributed by atoms with Crippen molar-refractivity contribution in [1.29, 1.82) is 0 Å². The maximum atomic E-state index is 3.58. The van der Waals surface area contributed by atoms with Crippen molar-refractivity contribution in [3.63, 3.8) is 0 Å². The standard InChI is InChI=1S/C15H18BrNS/c1-3-13-8-9-15(18-13)11(2)17-10-12-6-4-5-7-14(12)16/h4-9,11,17H,3,10H2,1-2H3. The van der Waals surface area contributed by atoms with Gasteiger partial charge in [-0.1, -0.05) is 41.1 Å². The second-order valence-corrected chi connectivity index (χ2v) is 6.41. The summed E-state index contributed by atoms with van der Waals surface area (Å²) in [4.78, 5) is 2.87. The van der Waals surface area contributed by atoms with Crippen LogP contribution in [0.1, 0.15) is 35.2 Å². The minimum absolute atomic E-state index is 0.405. The molecule has 0 saturated carbocycles. The Hall–Kier alpha value is -0.640. The van der Waals surface area contributed by atoms with E-state index in [4.69, 9.17) is 0 Å². The molecule has 18 heavy (non-hydrogen) atoms. The zero-order valence-electron chi connectivity index (χ0n) is 10.7. The maximum absolute atomic E-state index is 3.58. The van der Waals surface area contributed by atoms with E-state index in [2.05, 4.69) is 65.4 Å². The van der Waals surface area contributed by atoms with Crippen molar-refractivity contribution in [1.82, 2.24) is 5.32 Å². The molecule has 0 aliphatic rings. The van der Waals surface area contributed by atoms with E-state index in [1.54, 1.807) is 0 Å². The maximum Gasteiger partial charge on any atom is 0.0388 e. The van der Waals surface area contributed by atoms with Gasteiger partial charge < -0.3 is 5.32 Å². The molecule has 1 nitrogen and oxygen atoms in total. The van der Waals surface area contributed by atoms with Crippen molar-refractivity contribution < 1.29 is 0 Å². The van der Waals surface area contributed by atoms with E-state index < -0.39 is 0 Å². The molecule has 2 rings (SSSR count). The molecule has 0 aliphatic carbocycles. The van der Waals surface area contributed by atoms with Crippen LogP contribution in [0.2, 0.25) is 0 Å². The first-order chi connectivity index (χ1) is 8.70. The van der Waals surface area contributed by atoms with Gasteiger partial charge in [0.1, 0.15) is 0 Å². The fraction of sp³-hybridized carbons (Fsp3) is 0.333. The third-order valence-electron chi connectivity index (χ3n) is 3.01. The first-order valence-electron chi connectivity index (χ1n) is 6.26. The average molecular weight is 324 g/mol. The highest BCUT2D eigenvalue weighted by Crippen LogP contribution is 2.24. The fourth-order valence-electron chi connectivity index (χ4n) is 1.82. The molecule has 0 amide bonds. The van der Waals surface area contributed by atoms with Gasteiger partial charge in [-0.05, 0) is 37.1 Å². The quantitative estimate of drug-likeness (QED) is 0.823. The molecule has 0 spiro atoms. The van der Waals surface area contributed by atoms with E-state index in [1.165, 1.54) is 19.8 Å². The first kappa shape index (κ1) is 13.8. The van der Waals surface area contributed by atoms with Gasteiger partial charge in [0.05, 0.1) is 0 Å². The van der Waals surface area contributed by atoms with Gasteiger partial charge >= 0.3 is 0 Å². The Balaban J connectivity index is 1.96. The summed E-state index contributed by atoms with van der Waals surface area (Å²) in [6, 6.07) is 13.2. The molecule has 0 saturated heterocycles. The second-order valence-electron chi connectivity index (χ2n) is 4.35. The molecule has 3 heteroatoms. The van der Waals surface area contributed by atoms with Crippen LogP contribution < -0.4 is 5.32 Å². The van der Waals surface area contributed by atoms with E-state index in [-0.39, 0.29) is 0 Å². The van der Waals surface area contributed by atoms with Crippen molar-refractivity contribution in [2.45, 2.75) is 32.9 Å². The molecule has 1 unspecified atom stereocenters. The Kier molecular flexibility index (Phi) is 4.98. The van der Waals surface area contributed by atoms with Gasteiger partial charge in [0, 0.05) is 26.8 Å². The van der Waals surface area contributed by atoms with Crippen LogP contribution in [0.4, 0.5) is 0 Å². The van der Waals surface area contributed by atoms with E-state index in [0.717, 1.165) is 13.0 Å². The second kappa shape index (κ2) is 6.50. The minimum Gasteiger partial charge on any atom is -0.305 e. The molecule has 1 N–H and O–H groups in total. The molecule has 0 fully saturated rings. The molecule has 2 aromatic rings. The van der Waals surface area contributed by atoms with Crippen LogP contribution >= 0.6 is 27.3 Å². The van der Waals surface area contributed by atoms with Crippen molar-refractivity contribution in [2.24, 2.45) is 0 Å². The molecule has 96 valence electrons. The number of hydrogen-bond acceptors (Lipinski definition) is 2. The van der Waals surface area contributed by atoms with Gasteiger partial charge in [-0.25, -0.2) is 0 Å². The Morgan fingerprint density at radius 1 is 1.22 bits per heavy atom. The van der Waals surface area contributed by atoms with Crippen LogP contribution in [0, 0.1) is 0 Å². The topological polar surface area (TPSA) is 12.0 Å². The van der Waals surface area contributed by atoms with Crippen molar-refractivity contribution in [3.8, 4) is 0 Å². The first-order valence-corrected chi connectivity index (χ1v) is 7.87. The largest absolute Gasteiger partial charge is 0.305 e. The normalized spacial score (nSPS) is 12.6. The molecule has 0 aliphatic heterocycles. The lowest BCUT2D eigenvalue weighted by Crippen LogP contribution is -2.17. The Morgan fingerprint density at radius 2 is 2.00 bits per heavy atom. The highest BCUT2D eigenvalue weighted by Gasteiger charge is 2.08. The number of aryl methyl sites for hydroxylation is 1. The van der Waals surface area contributed by atoms with E-state index >= 15 is 0 Å². The Labute approximate surface area is 121 Å². The van der Waals surface area contributed by atoms with Gasteiger partial charge in [0.25, 0.3) is 0 Å². The lowest BCUT2D eigenvalue weighted by Gasteiger charge is -2.13.